The first-order valence-corrected chi connectivity index (χ1v) is 11.9. The minimum atomic E-state index is -0.575. The molecule has 4 aliphatic carbocycles. The van der Waals surface area contributed by atoms with E-state index in [2.05, 4.69) is 0 Å². The molecule has 7 rings (SSSR count). The van der Waals surface area contributed by atoms with Crippen molar-refractivity contribution in [3.05, 3.63) is 66.0 Å². The number of halogens is 1. The molecule has 1 heterocycles. The first kappa shape index (κ1) is 20.2. The minimum absolute atomic E-state index is 0.0299. The summed E-state index contributed by atoms with van der Waals surface area (Å²) >= 11 is 0. The minimum Gasteiger partial charge on any atom is -0.487 e. The van der Waals surface area contributed by atoms with Crippen LogP contribution in [-0.2, 0) is 10.2 Å². The number of hydrogen-bond acceptors (Lipinski definition) is 3. The topological polar surface area (TPSA) is 49.8 Å². The van der Waals surface area contributed by atoms with E-state index in [1.807, 2.05) is 47.4 Å². The maximum absolute atomic E-state index is 13.7. The lowest BCUT2D eigenvalue weighted by atomic mass is 9.41. The second-order valence-electron chi connectivity index (χ2n) is 10.6. The zero-order valence-electron chi connectivity index (χ0n) is 18.3. The molecule has 2 unspecified atom stereocenters. The van der Waals surface area contributed by atoms with Crippen LogP contribution < -0.4 is 4.74 Å². The van der Waals surface area contributed by atoms with Crippen LogP contribution in [0.5, 0.6) is 5.75 Å². The Labute approximate surface area is 188 Å². The predicted molar refractivity (Wildman–Crippen MR) is 119 cm³/mol. The van der Waals surface area contributed by atoms with Gasteiger partial charge in [0.2, 0.25) is 5.91 Å². The highest BCUT2D eigenvalue weighted by molar-refractivity contribution is 5.79. The summed E-state index contributed by atoms with van der Waals surface area (Å²) in [6.45, 7) is 1.21. The first-order chi connectivity index (χ1) is 15.4. The van der Waals surface area contributed by atoms with Crippen LogP contribution in [0.15, 0.2) is 54.6 Å². The van der Waals surface area contributed by atoms with E-state index >= 15 is 0 Å². The second-order valence-corrected chi connectivity index (χ2v) is 10.6. The van der Waals surface area contributed by atoms with Gasteiger partial charge in [-0.1, -0.05) is 30.3 Å². The normalized spacial score (nSPS) is 35.6. The average Bonchev–Trinajstić information content (AvgIpc) is 2.73. The summed E-state index contributed by atoms with van der Waals surface area (Å²) in [6, 6.07) is 16.5. The molecule has 1 saturated heterocycles. The zero-order valence-corrected chi connectivity index (χ0v) is 18.3. The SMILES string of the molecule is O=C(C[C@]1(c2ccc(F)cc2)C2CC3CC1C[C@@](O)(C3)C2)N1CC(Oc2ccccc2)C1. The first-order valence-electron chi connectivity index (χ1n) is 11.9. The van der Waals surface area contributed by atoms with Crippen LogP contribution >= 0.6 is 0 Å². The molecule has 0 spiro atoms. The van der Waals surface area contributed by atoms with Gasteiger partial charge in [0.1, 0.15) is 17.7 Å². The summed E-state index contributed by atoms with van der Waals surface area (Å²) < 4.78 is 19.7. The number of rotatable bonds is 5. The van der Waals surface area contributed by atoms with Crippen molar-refractivity contribution in [2.75, 3.05) is 13.1 Å². The largest absolute Gasteiger partial charge is 0.487 e. The molecule has 4 saturated carbocycles. The van der Waals surface area contributed by atoms with Crippen LogP contribution in [0, 0.1) is 23.6 Å². The monoisotopic (exact) mass is 435 g/mol. The van der Waals surface area contributed by atoms with Gasteiger partial charge in [0, 0.05) is 11.8 Å². The molecule has 32 heavy (non-hydrogen) atoms. The van der Waals surface area contributed by atoms with Crippen molar-refractivity contribution in [1.29, 1.82) is 0 Å². The molecular formula is C27H30FNO3. The number of aliphatic hydroxyl groups is 1. The predicted octanol–water partition coefficient (Wildman–Crippen LogP) is 4.31. The Balaban J connectivity index is 1.23. The van der Waals surface area contributed by atoms with E-state index in [4.69, 9.17) is 4.74 Å². The van der Waals surface area contributed by atoms with E-state index in [-0.39, 0.29) is 35.1 Å². The van der Waals surface area contributed by atoms with Crippen molar-refractivity contribution < 1.29 is 19.0 Å². The number of likely N-dealkylation sites (tertiary alicyclic amines) is 1. The third-order valence-corrected chi connectivity index (χ3v) is 8.69. The van der Waals surface area contributed by atoms with Crippen molar-refractivity contribution >= 4 is 5.91 Å². The van der Waals surface area contributed by atoms with Crippen molar-refractivity contribution in [1.82, 2.24) is 4.90 Å². The summed E-state index contributed by atoms with van der Waals surface area (Å²) in [5.41, 5.74) is 0.190. The van der Waals surface area contributed by atoms with Gasteiger partial charge in [0.25, 0.3) is 0 Å². The molecule has 1 aliphatic heterocycles. The Morgan fingerprint density at radius 2 is 1.66 bits per heavy atom. The zero-order chi connectivity index (χ0) is 21.9. The summed E-state index contributed by atoms with van der Waals surface area (Å²) in [4.78, 5) is 15.4. The van der Waals surface area contributed by atoms with Crippen molar-refractivity contribution in [3.8, 4) is 5.75 Å². The van der Waals surface area contributed by atoms with Crippen LogP contribution in [0.1, 0.15) is 44.1 Å². The standard InChI is InChI=1S/C27H30FNO3/c28-22-8-6-19(7-9-22)27(20-10-18-11-21(27)14-26(31,12-18)13-20)15-25(30)29-16-24(17-29)32-23-4-2-1-3-5-23/h1-9,18,20-21,24,31H,10-17H2/t18?,20?,21?,26-,27+. The molecule has 2 atom stereocenters. The molecule has 2 aromatic rings. The Bertz CT molecular complexity index is 985. The molecule has 4 nitrogen and oxygen atoms in total. The van der Waals surface area contributed by atoms with Gasteiger partial charge in [0.05, 0.1) is 18.7 Å². The van der Waals surface area contributed by atoms with Gasteiger partial charge in [-0.2, -0.15) is 0 Å². The fraction of sp³-hybridized carbons (Fsp3) is 0.519. The number of carbonyl (C=O) groups is 1. The molecule has 1 N–H and O–H groups in total. The van der Waals surface area contributed by atoms with Gasteiger partial charge in [0.15, 0.2) is 0 Å². The van der Waals surface area contributed by atoms with Crippen LogP contribution in [0.25, 0.3) is 0 Å². The molecular weight excluding hydrogens is 405 g/mol. The van der Waals surface area contributed by atoms with Gasteiger partial charge in [-0.3, -0.25) is 4.79 Å². The van der Waals surface area contributed by atoms with E-state index < -0.39 is 5.60 Å². The Hall–Kier alpha value is -2.40. The lowest BCUT2D eigenvalue weighted by molar-refractivity contribution is -0.174. The number of carbonyl (C=O) groups excluding carboxylic acids is 1. The van der Waals surface area contributed by atoms with E-state index in [1.54, 1.807) is 0 Å². The van der Waals surface area contributed by atoms with Crippen molar-refractivity contribution in [3.63, 3.8) is 0 Å². The Morgan fingerprint density at radius 3 is 2.28 bits per heavy atom. The van der Waals surface area contributed by atoms with Gasteiger partial charge in [-0.05, 0) is 79.7 Å². The lowest BCUT2D eigenvalue weighted by Gasteiger charge is -2.64. The molecule has 2 aromatic carbocycles. The van der Waals surface area contributed by atoms with Crippen LogP contribution in [0.3, 0.4) is 0 Å². The highest BCUT2D eigenvalue weighted by Crippen LogP contribution is 2.65. The maximum Gasteiger partial charge on any atom is 0.223 e. The number of amides is 1. The maximum atomic E-state index is 13.7. The highest BCUT2D eigenvalue weighted by atomic mass is 19.1. The Kier molecular flexibility index (Phi) is 4.62. The van der Waals surface area contributed by atoms with Crippen LogP contribution in [0.4, 0.5) is 4.39 Å². The van der Waals surface area contributed by atoms with Gasteiger partial charge < -0.3 is 14.7 Å². The molecule has 4 bridgehead atoms. The molecule has 1 amide bonds. The number of nitrogens with zero attached hydrogens (tertiary/aromatic N) is 1. The fourth-order valence-corrected chi connectivity index (χ4v) is 7.45. The quantitative estimate of drug-likeness (QED) is 0.761. The second kappa shape index (κ2) is 7.31. The fourth-order valence-electron chi connectivity index (χ4n) is 7.45. The number of ether oxygens (including phenoxy) is 1. The van der Waals surface area contributed by atoms with Gasteiger partial charge in [-0.25, -0.2) is 4.39 Å². The molecule has 168 valence electrons. The summed E-state index contributed by atoms with van der Waals surface area (Å²) in [6.07, 6.45) is 5.00. The Morgan fingerprint density at radius 1 is 1.00 bits per heavy atom. The van der Waals surface area contributed by atoms with Crippen LogP contribution in [0.2, 0.25) is 0 Å². The molecule has 5 heteroatoms. The van der Waals surface area contributed by atoms with E-state index in [9.17, 15) is 14.3 Å². The lowest BCUT2D eigenvalue weighted by Crippen LogP contribution is -2.64. The molecule has 5 aliphatic rings. The van der Waals surface area contributed by atoms with Gasteiger partial charge >= 0.3 is 0 Å². The third kappa shape index (κ3) is 3.24. The number of hydrogen-bond donors (Lipinski definition) is 1. The van der Waals surface area contributed by atoms with Crippen LogP contribution in [-0.4, -0.2) is 40.7 Å². The number of benzene rings is 2. The molecule has 0 radical (unpaired) electrons. The summed E-state index contributed by atoms with van der Waals surface area (Å²) in [5, 5.41) is 11.1. The van der Waals surface area contributed by atoms with E-state index in [0.717, 1.165) is 43.4 Å². The number of para-hydroxylation sites is 1. The highest BCUT2D eigenvalue weighted by Gasteiger charge is 2.63. The molecule has 5 fully saturated rings. The molecule has 0 aromatic heterocycles. The summed E-state index contributed by atoms with van der Waals surface area (Å²) in [7, 11) is 0. The third-order valence-electron chi connectivity index (χ3n) is 8.69. The average molecular weight is 436 g/mol. The van der Waals surface area contributed by atoms with E-state index in [0.29, 0.717) is 25.4 Å². The van der Waals surface area contributed by atoms with Crippen molar-refractivity contribution in [2.45, 2.75) is 55.6 Å². The van der Waals surface area contributed by atoms with E-state index in [1.165, 1.54) is 12.1 Å². The van der Waals surface area contributed by atoms with Gasteiger partial charge in [-0.15, -0.1) is 0 Å². The van der Waals surface area contributed by atoms with Crippen molar-refractivity contribution in [2.24, 2.45) is 17.8 Å². The summed E-state index contributed by atoms with van der Waals surface area (Å²) in [5.74, 6) is 1.83. The smallest absolute Gasteiger partial charge is 0.223 e.